The molecule has 0 radical (unpaired) electrons. The van der Waals surface area contributed by atoms with Crippen LogP contribution in [0.4, 0.5) is 22.0 Å². The van der Waals surface area contributed by atoms with E-state index in [0.29, 0.717) is 6.42 Å². The molecule has 1 rings (SSSR count). The monoisotopic (exact) mass is 259 g/mol. The van der Waals surface area contributed by atoms with E-state index in [1.54, 1.807) is 6.92 Å². The Kier molecular flexibility index (Phi) is 3.83. The number of nitrogens with zero attached hydrogens (tertiary/aromatic N) is 3. The van der Waals surface area contributed by atoms with E-state index in [0.717, 1.165) is 16.2 Å². The van der Waals surface area contributed by atoms with Gasteiger partial charge in [0.1, 0.15) is 6.34 Å². The number of hydrogen-bond donors (Lipinski definition) is 0. The van der Waals surface area contributed by atoms with Crippen molar-refractivity contribution in [2.45, 2.75) is 38.5 Å². The summed E-state index contributed by atoms with van der Waals surface area (Å²) in [5, 5.41) is 4.38. The zero-order valence-corrected chi connectivity index (χ0v) is 9.51. The fourth-order valence-electron chi connectivity index (χ4n) is 1.64. The van der Waals surface area contributed by atoms with Crippen molar-refractivity contribution in [3.05, 3.63) is 0 Å². The van der Waals surface area contributed by atoms with Crippen LogP contribution in [0.1, 0.15) is 20.3 Å². The molecule has 3 nitrogen and oxygen atoms in total. The molecule has 0 saturated carbocycles. The van der Waals surface area contributed by atoms with Crippen molar-refractivity contribution in [1.82, 2.24) is 9.91 Å². The largest absolute Gasteiger partial charge is 0.457 e. The van der Waals surface area contributed by atoms with Crippen LogP contribution in [0.25, 0.3) is 0 Å². The van der Waals surface area contributed by atoms with Crippen molar-refractivity contribution >= 4 is 6.34 Å². The van der Waals surface area contributed by atoms with Gasteiger partial charge in [0.15, 0.2) is 6.17 Å². The molecule has 0 bridgehead atoms. The molecule has 0 N–H and O–H groups in total. The Morgan fingerprint density at radius 3 is 2.18 bits per heavy atom. The SMILES string of the molecule is CCCN1N=CN(CC)C1C(F)(F)C(F)(F)F. The van der Waals surface area contributed by atoms with Crippen molar-refractivity contribution in [2.24, 2.45) is 5.10 Å². The quantitative estimate of drug-likeness (QED) is 0.722. The third-order valence-electron chi connectivity index (χ3n) is 2.46. The highest BCUT2D eigenvalue weighted by atomic mass is 19.4. The standard InChI is InChI=1S/C9H14F5N3/c1-3-5-17-7(16(4-2)6-15-17)8(10,11)9(12,13)14/h6-7H,3-5H2,1-2H3. The van der Waals surface area contributed by atoms with Gasteiger partial charge in [-0.3, -0.25) is 5.01 Å². The van der Waals surface area contributed by atoms with Gasteiger partial charge < -0.3 is 4.90 Å². The lowest BCUT2D eigenvalue weighted by Gasteiger charge is -2.36. The summed E-state index contributed by atoms with van der Waals surface area (Å²) in [7, 11) is 0. The van der Waals surface area contributed by atoms with Crippen molar-refractivity contribution < 1.29 is 22.0 Å². The van der Waals surface area contributed by atoms with Crippen molar-refractivity contribution in [2.75, 3.05) is 13.1 Å². The molecule has 0 aromatic carbocycles. The predicted molar refractivity (Wildman–Crippen MR) is 52.7 cm³/mol. The summed E-state index contributed by atoms with van der Waals surface area (Å²) in [5.41, 5.74) is 0. The molecule has 0 saturated heterocycles. The Balaban J connectivity index is 2.98. The molecule has 1 unspecified atom stereocenters. The molecule has 1 heterocycles. The minimum atomic E-state index is -5.58. The molecule has 1 aliphatic rings. The Labute approximate surface area is 95.9 Å². The minimum Gasteiger partial charge on any atom is -0.334 e. The lowest BCUT2D eigenvalue weighted by molar-refractivity contribution is -0.313. The topological polar surface area (TPSA) is 18.8 Å². The average Bonchev–Trinajstić information content (AvgIpc) is 2.60. The van der Waals surface area contributed by atoms with E-state index in [2.05, 4.69) is 5.10 Å². The van der Waals surface area contributed by atoms with Gasteiger partial charge in [-0.1, -0.05) is 6.92 Å². The van der Waals surface area contributed by atoms with E-state index in [1.807, 2.05) is 0 Å². The lowest BCUT2D eigenvalue weighted by Crippen LogP contribution is -2.59. The van der Waals surface area contributed by atoms with Gasteiger partial charge in [0.2, 0.25) is 0 Å². The number of halogens is 5. The van der Waals surface area contributed by atoms with Crippen LogP contribution in [0.15, 0.2) is 5.10 Å². The summed E-state index contributed by atoms with van der Waals surface area (Å²) in [5.74, 6) is -4.81. The minimum absolute atomic E-state index is 0.0417. The molecule has 0 aliphatic carbocycles. The molecule has 0 amide bonds. The van der Waals surface area contributed by atoms with Crippen LogP contribution in [-0.4, -0.2) is 47.6 Å². The zero-order chi connectivity index (χ0) is 13.3. The first-order chi connectivity index (χ1) is 7.75. The second kappa shape index (κ2) is 4.66. The summed E-state index contributed by atoms with van der Waals surface area (Å²) < 4.78 is 63.8. The van der Waals surface area contributed by atoms with Crippen LogP contribution < -0.4 is 0 Å². The van der Waals surface area contributed by atoms with Crippen molar-refractivity contribution in [3.8, 4) is 0 Å². The van der Waals surface area contributed by atoms with Gasteiger partial charge >= 0.3 is 12.1 Å². The first-order valence-electron chi connectivity index (χ1n) is 5.26. The fourth-order valence-corrected chi connectivity index (χ4v) is 1.64. The Hall–Kier alpha value is -1.08. The Morgan fingerprint density at radius 1 is 1.18 bits per heavy atom. The van der Waals surface area contributed by atoms with Gasteiger partial charge in [0, 0.05) is 13.1 Å². The predicted octanol–water partition coefficient (Wildman–Crippen LogP) is 2.50. The first-order valence-corrected chi connectivity index (χ1v) is 5.26. The molecular formula is C9H14F5N3. The van der Waals surface area contributed by atoms with Crippen LogP contribution in [0.5, 0.6) is 0 Å². The summed E-state index contributed by atoms with van der Waals surface area (Å²) in [6.07, 6.45) is -6.18. The Morgan fingerprint density at radius 2 is 1.76 bits per heavy atom. The maximum absolute atomic E-state index is 13.4. The van der Waals surface area contributed by atoms with Gasteiger partial charge in [-0.2, -0.15) is 27.1 Å². The molecule has 17 heavy (non-hydrogen) atoms. The van der Waals surface area contributed by atoms with Crippen molar-refractivity contribution in [3.63, 3.8) is 0 Å². The van der Waals surface area contributed by atoms with Crippen LogP contribution in [0.3, 0.4) is 0 Å². The molecule has 100 valence electrons. The lowest BCUT2D eigenvalue weighted by atomic mass is 10.2. The molecule has 0 aromatic heterocycles. The second-order valence-electron chi connectivity index (χ2n) is 3.72. The van der Waals surface area contributed by atoms with Gasteiger partial charge in [0.25, 0.3) is 0 Å². The highest BCUT2D eigenvalue weighted by molar-refractivity contribution is 5.57. The van der Waals surface area contributed by atoms with Gasteiger partial charge in [-0.05, 0) is 13.3 Å². The smallest absolute Gasteiger partial charge is 0.334 e. The first kappa shape index (κ1) is 14.0. The van der Waals surface area contributed by atoms with Crippen LogP contribution in [0.2, 0.25) is 0 Å². The number of hydrazone groups is 1. The van der Waals surface area contributed by atoms with Crippen LogP contribution in [0, 0.1) is 0 Å². The highest BCUT2D eigenvalue weighted by Gasteiger charge is 2.66. The average molecular weight is 259 g/mol. The summed E-state index contributed by atoms with van der Waals surface area (Å²) in [4.78, 5) is 0.892. The summed E-state index contributed by atoms with van der Waals surface area (Å²) in [6.45, 7) is 3.29. The molecule has 1 atom stereocenters. The zero-order valence-electron chi connectivity index (χ0n) is 9.51. The summed E-state index contributed by atoms with van der Waals surface area (Å²) >= 11 is 0. The Bertz CT molecular complexity index is 289. The highest BCUT2D eigenvalue weighted by Crippen LogP contribution is 2.42. The van der Waals surface area contributed by atoms with E-state index in [4.69, 9.17) is 0 Å². The van der Waals surface area contributed by atoms with E-state index in [1.165, 1.54) is 6.92 Å². The van der Waals surface area contributed by atoms with E-state index >= 15 is 0 Å². The maximum Gasteiger partial charge on any atom is 0.457 e. The van der Waals surface area contributed by atoms with Gasteiger partial charge in [0.05, 0.1) is 0 Å². The molecule has 0 spiro atoms. The van der Waals surface area contributed by atoms with Crippen LogP contribution >= 0.6 is 0 Å². The fraction of sp³-hybridized carbons (Fsp3) is 0.889. The van der Waals surface area contributed by atoms with Crippen molar-refractivity contribution in [1.29, 1.82) is 0 Å². The maximum atomic E-state index is 13.4. The molecule has 1 aliphatic heterocycles. The summed E-state index contributed by atoms with van der Waals surface area (Å²) in [6, 6.07) is 0. The van der Waals surface area contributed by atoms with Gasteiger partial charge in [-0.15, -0.1) is 0 Å². The van der Waals surface area contributed by atoms with E-state index in [-0.39, 0.29) is 13.1 Å². The number of alkyl halides is 5. The third kappa shape index (κ3) is 2.44. The number of rotatable bonds is 4. The van der Waals surface area contributed by atoms with Gasteiger partial charge in [-0.25, -0.2) is 0 Å². The van der Waals surface area contributed by atoms with E-state index in [9.17, 15) is 22.0 Å². The molecule has 0 aromatic rings. The van der Waals surface area contributed by atoms with Crippen LogP contribution in [-0.2, 0) is 0 Å². The second-order valence-corrected chi connectivity index (χ2v) is 3.72. The molecule has 8 heteroatoms. The number of hydrogen-bond acceptors (Lipinski definition) is 3. The third-order valence-corrected chi connectivity index (χ3v) is 2.46. The van der Waals surface area contributed by atoms with E-state index < -0.39 is 18.3 Å². The molecule has 0 fully saturated rings. The normalized spacial score (nSPS) is 21.5. The molecular weight excluding hydrogens is 245 g/mol.